The second-order valence-corrected chi connectivity index (χ2v) is 7.49. The van der Waals surface area contributed by atoms with Crippen molar-refractivity contribution in [3.05, 3.63) is 51.5 Å². The van der Waals surface area contributed by atoms with E-state index in [-0.39, 0.29) is 6.10 Å². The van der Waals surface area contributed by atoms with Gasteiger partial charge in [0.2, 0.25) is 4.77 Å². The molecule has 1 aromatic carbocycles. The standard InChI is InChI=1S/C19H22BrN5O2S/c1-4-26-16-9-14(15(20)10-17(16)27-12(2)3)11-22-25-18(23-24-19(25)28)13-5-7-21-8-6-13/h5-10,12,22H,4,11H2,1-3H3,(H,24,28). The Morgan fingerprint density at radius 2 is 2.00 bits per heavy atom. The maximum atomic E-state index is 5.86. The van der Waals surface area contributed by atoms with E-state index < -0.39 is 0 Å². The fourth-order valence-corrected chi connectivity index (χ4v) is 3.29. The van der Waals surface area contributed by atoms with E-state index in [1.165, 1.54) is 0 Å². The van der Waals surface area contributed by atoms with E-state index in [0.717, 1.165) is 15.6 Å². The maximum Gasteiger partial charge on any atom is 0.214 e. The molecule has 28 heavy (non-hydrogen) atoms. The van der Waals surface area contributed by atoms with Crippen LogP contribution < -0.4 is 14.9 Å². The summed E-state index contributed by atoms with van der Waals surface area (Å²) in [4.78, 5) is 4.04. The minimum absolute atomic E-state index is 0.0576. The zero-order chi connectivity index (χ0) is 20.1. The van der Waals surface area contributed by atoms with Gasteiger partial charge in [0.05, 0.1) is 19.3 Å². The molecule has 3 aromatic rings. The van der Waals surface area contributed by atoms with Crippen molar-refractivity contribution in [2.24, 2.45) is 0 Å². The van der Waals surface area contributed by atoms with Crippen LogP contribution in [0.2, 0.25) is 0 Å². The van der Waals surface area contributed by atoms with E-state index in [0.29, 0.717) is 35.2 Å². The van der Waals surface area contributed by atoms with E-state index >= 15 is 0 Å². The van der Waals surface area contributed by atoms with Crippen LogP contribution in [-0.2, 0) is 6.54 Å². The summed E-state index contributed by atoms with van der Waals surface area (Å²) in [5, 5.41) is 7.14. The topological polar surface area (TPSA) is 77.0 Å². The third-order valence-electron chi connectivity index (χ3n) is 3.81. The van der Waals surface area contributed by atoms with Crippen LogP contribution in [0.25, 0.3) is 11.4 Å². The molecule has 0 saturated carbocycles. The van der Waals surface area contributed by atoms with Crippen LogP contribution in [-0.4, -0.2) is 32.6 Å². The molecule has 148 valence electrons. The molecule has 0 aliphatic heterocycles. The van der Waals surface area contributed by atoms with Gasteiger partial charge in [0.15, 0.2) is 17.3 Å². The minimum atomic E-state index is 0.0576. The number of hydrogen-bond acceptors (Lipinski definition) is 6. The van der Waals surface area contributed by atoms with Crippen LogP contribution in [0.5, 0.6) is 11.5 Å². The Morgan fingerprint density at radius 1 is 1.25 bits per heavy atom. The van der Waals surface area contributed by atoms with E-state index in [4.69, 9.17) is 21.7 Å². The van der Waals surface area contributed by atoms with Gasteiger partial charge in [-0.1, -0.05) is 15.9 Å². The minimum Gasteiger partial charge on any atom is -0.490 e. The predicted octanol–water partition coefficient (Wildman–Crippen LogP) is 4.69. The number of hydrogen-bond donors (Lipinski definition) is 2. The van der Waals surface area contributed by atoms with Gasteiger partial charge in [0, 0.05) is 22.4 Å². The molecule has 9 heteroatoms. The molecule has 0 unspecified atom stereocenters. The SMILES string of the molecule is CCOc1cc(CNn2c(-c3ccncc3)n[nH]c2=S)c(Br)cc1OC(C)C. The first kappa shape index (κ1) is 20.3. The fourth-order valence-electron chi connectivity index (χ4n) is 2.63. The van der Waals surface area contributed by atoms with Crippen LogP contribution in [0, 0.1) is 4.77 Å². The Morgan fingerprint density at radius 3 is 2.68 bits per heavy atom. The second-order valence-electron chi connectivity index (χ2n) is 6.25. The lowest BCUT2D eigenvalue weighted by molar-refractivity contribution is 0.223. The maximum absolute atomic E-state index is 5.86. The highest BCUT2D eigenvalue weighted by molar-refractivity contribution is 9.10. The van der Waals surface area contributed by atoms with Crippen LogP contribution >= 0.6 is 28.1 Å². The summed E-state index contributed by atoms with van der Waals surface area (Å²) in [7, 11) is 0. The summed E-state index contributed by atoms with van der Waals surface area (Å²) >= 11 is 8.99. The number of aromatic amines is 1. The van der Waals surface area contributed by atoms with Crippen molar-refractivity contribution in [3.8, 4) is 22.9 Å². The summed E-state index contributed by atoms with van der Waals surface area (Å²) in [5.41, 5.74) is 5.23. The molecule has 2 aromatic heterocycles. The van der Waals surface area contributed by atoms with Gasteiger partial charge in [-0.05, 0) is 62.8 Å². The number of benzene rings is 1. The number of halogens is 1. The third-order valence-corrected chi connectivity index (χ3v) is 4.83. The van der Waals surface area contributed by atoms with Gasteiger partial charge in [0.25, 0.3) is 0 Å². The van der Waals surface area contributed by atoms with Gasteiger partial charge in [0.1, 0.15) is 0 Å². The molecule has 3 rings (SSSR count). The molecule has 0 aliphatic carbocycles. The summed E-state index contributed by atoms with van der Waals surface area (Å²) in [6, 6.07) is 7.66. The van der Waals surface area contributed by atoms with E-state index in [1.807, 2.05) is 45.0 Å². The molecular formula is C19H22BrN5O2S. The third kappa shape index (κ3) is 4.71. The molecule has 0 saturated heterocycles. The number of ether oxygens (including phenoxy) is 2. The Bertz CT molecular complexity index is 988. The molecule has 0 aliphatic rings. The van der Waals surface area contributed by atoms with Crippen LogP contribution in [0.1, 0.15) is 26.3 Å². The van der Waals surface area contributed by atoms with Crippen LogP contribution in [0.3, 0.4) is 0 Å². The highest BCUT2D eigenvalue weighted by Crippen LogP contribution is 2.34. The quantitative estimate of drug-likeness (QED) is 0.471. The first-order valence-corrected chi connectivity index (χ1v) is 10.1. The fraction of sp³-hybridized carbons (Fsp3) is 0.316. The zero-order valence-electron chi connectivity index (χ0n) is 15.9. The van der Waals surface area contributed by atoms with Crippen molar-refractivity contribution in [2.45, 2.75) is 33.4 Å². The first-order valence-electron chi connectivity index (χ1n) is 8.93. The van der Waals surface area contributed by atoms with Crippen molar-refractivity contribution < 1.29 is 9.47 Å². The largest absolute Gasteiger partial charge is 0.490 e. The zero-order valence-corrected chi connectivity index (χ0v) is 18.3. The Hall–Kier alpha value is -2.39. The van der Waals surface area contributed by atoms with Gasteiger partial charge in [-0.3, -0.25) is 4.98 Å². The molecule has 2 heterocycles. The smallest absolute Gasteiger partial charge is 0.214 e. The summed E-state index contributed by atoms with van der Waals surface area (Å²) in [5.74, 6) is 2.11. The van der Waals surface area contributed by atoms with Crippen LogP contribution in [0.15, 0.2) is 41.1 Å². The number of rotatable bonds is 8. The van der Waals surface area contributed by atoms with Crippen molar-refractivity contribution in [2.75, 3.05) is 12.0 Å². The van der Waals surface area contributed by atoms with Crippen molar-refractivity contribution in [3.63, 3.8) is 0 Å². The molecule has 0 atom stereocenters. The van der Waals surface area contributed by atoms with Gasteiger partial charge in [-0.15, -0.1) is 0 Å². The molecule has 2 N–H and O–H groups in total. The van der Waals surface area contributed by atoms with E-state index in [1.54, 1.807) is 17.1 Å². The molecule has 0 spiro atoms. The summed E-state index contributed by atoms with van der Waals surface area (Å²) in [6.07, 6.45) is 3.49. The monoisotopic (exact) mass is 463 g/mol. The molecule has 0 amide bonds. The van der Waals surface area contributed by atoms with Gasteiger partial charge >= 0.3 is 0 Å². The highest BCUT2D eigenvalue weighted by Gasteiger charge is 2.14. The van der Waals surface area contributed by atoms with E-state index in [9.17, 15) is 0 Å². The second kappa shape index (κ2) is 9.20. The van der Waals surface area contributed by atoms with Gasteiger partial charge in [-0.25, -0.2) is 9.77 Å². The summed E-state index contributed by atoms with van der Waals surface area (Å²) < 4.78 is 14.8. The Balaban J connectivity index is 1.86. The Kier molecular flexibility index (Phi) is 6.69. The normalized spacial score (nSPS) is 10.9. The lowest BCUT2D eigenvalue weighted by atomic mass is 10.2. The number of aromatic nitrogens is 4. The predicted molar refractivity (Wildman–Crippen MR) is 115 cm³/mol. The molecule has 0 bridgehead atoms. The Labute approximate surface area is 177 Å². The lowest BCUT2D eigenvalue weighted by Gasteiger charge is -2.17. The molecule has 7 nitrogen and oxygen atoms in total. The van der Waals surface area contributed by atoms with Crippen molar-refractivity contribution >= 4 is 28.1 Å². The average Bonchev–Trinajstić information content (AvgIpc) is 3.04. The van der Waals surface area contributed by atoms with Crippen LogP contribution in [0.4, 0.5) is 0 Å². The number of pyridine rings is 1. The van der Waals surface area contributed by atoms with Gasteiger partial charge < -0.3 is 14.9 Å². The number of H-pyrrole nitrogens is 1. The number of nitrogens with zero attached hydrogens (tertiary/aromatic N) is 3. The average molecular weight is 464 g/mol. The number of nitrogens with one attached hydrogen (secondary N) is 2. The van der Waals surface area contributed by atoms with Crippen molar-refractivity contribution in [1.82, 2.24) is 19.9 Å². The molecular weight excluding hydrogens is 442 g/mol. The summed E-state index contributed by atoms with van der Waals surface area (Å²) in [6.45, 7) is 6.99. The molecule has 0 fully saturated rings. The first-order chi connectivity index (χ1) is 13.5. The van der Waals surface area contributed by atoms with E-state index in [2.05, 4.69) is 36.5 Å². The highest BCUT2D eigenvalue weighted by atomic mass is 79.9. The molecule has 0 radical (unpaired) electrons. The lowest BCUT2D eigenvalue weighted by Crippen LogP contribution is -2.16. The van der Waals surface area contributed by atoms with Gasteiger partial charge in [-0.2, -0.15) is 5.10 Å². The van der Waals surface area contributed by atoms with Crippen molar-refractivity contribution in [1.29, 1.82) is 0 Å².